The molecule has 0 radical (unpaired) electrons. The summed E-state index contributed by atoms with van der Waals surface area (Å²) in [4.78, 5) is 11.8. The molecule has 0 spiro atoms. The molecule has 1 saturated heterocycles. The number of hydrogen-bond acceptors (Lipinski definition) is 2. The molecule has 0 bridgehead atoms. The van der Waals surface area contributed by atoms with Crippen LogP contribution in [0.5, 0.6) is 0 Å². The van der Waals surface area contributed by atoms with Gasteiger partial charge in [-0.1, -0.05) is 18.1 Å². The molecule has 1 fully saturated rings. The first kappa shape index (κ1) is 10.7. The fraction of sp³-hybridized carbons (Fsp3) is 0.308. The molecule has 82 valence electrons. The molecule has 1 aromatic rings. The number of para-hydroxylation sites is 1. The van der Waals surface area contributed by atoms with Gasteiger partial charge in [-0.15, -0.1) is 6.42 Å². The van der Waals surface area contributed by atoms with Crippen molar-refractivity contribution >= 4 is 11.6 Å². The van der Waals surface area contributed by atoms with Crippen molar-refractivity contribution in [2.45, 2.75) is 6.42 Å². The van der Waals surface area contributed by atoms with Crippen LogP contribution in [0.2, 0.25) is 0 Å². The number of carbonyl (C=O) groups is 1. The Bertz CT molecular complexity index is 428. The van der Waals surface area contributed by atoms with E-state index in [9.17, 15) is 4.79 Å². The molecule has 1 heterocycles. The number of hydrogen-bond donors (Lipinski definition) is 1. The van der Waals surface area contributed by atoms with Gasteiger partial charge in [0, 0.05) is 12.2 Å². The topological polar surface area (TPSA) is 38.3 Å². The second-order valence-corrected chi connectivity index (χ2v) is 3.74. The van der Waals surface area contributed by atoms with E-state index in [4.69, 9.17) is 11.2 Å². The fourth-order valence-electron chi connectivity index (χ4n) is 1.69. The van der Waals surface area contributed by atoms with Gasteiger partial charge in [0.1, 0.15) is 0 Å². The summed E-state index contributed by atoms with van der Waals surface area (Å²) in [6, 6.07) is 7.31. The number of carbonyl (C=O) groups excluding carboxylic acids is 1. The van der Waals surface area contributed by atoms with Crippen molar-refractivity contribution in [1.82, 2.24) is 0 Å². The zero-order valence-corrected chi connectivity index (χ0v) is 8.90. The van der Waals surface area contributed by atoms with Crippen LogP contribution < -0.4 is 5.32 Å². The van der Waals surface area contributed by atoms with E-state index < -0.39 is 0 Å². The van der Waals surface area contributed by atoms with Gasteiger partial charge in [0.05, 0.1) is 18.2 Å². The van der Waals surface area contributed by atoms with Crippen molar-refractivity contribution in [1.29, 1.82) is 0 Å². The minimum Gasteiger partial charge on any atom is -0.381 e. The Balaban J connectivity index is 2.08. The standard InChI is InChI=1S/C13H13NO2/c1-2-10-5-3-4-6-12(10)14-13(15)11-7-8-16-9-11/h1,3-6,11H,7-9H2,(H,14,15). The molecule has 0 aromatic heterocycles. The monoisotopic (exact) mass is 215 g/mol. The fourth-order valence-corrected chi connectivity index (χ4v) is 1.69. The van der Waals surface area contributed by atoms with Crippen LogP contribution in [-0.4, -0.2) is 19.1 Å². The van der Waals surface area contributed by atoms with Crippen LogP contribution in [0, 0.1) is 18.3 Å². The maximum Gasteiger partial charge on any atom is 0.229 e. The third kappa shape index (κ3) is 2.23. The molecule has 0 saturated carbocycles. The molecule has 2 rings (SSSR count). The molecule has 0 aliphatic carbocycles. The molecular formula is C13H13NO2. The second-order valence-electron chi connectivity index (χ2n) is 3.74. The van der Waals surface area contributed by atoms with Gasteiger partial charge in [-0.2, -0.15) is 0 Å². The first-order valence-corrected chi connectivity index (χ1v) is 5.25. The number of anilines is 1. The largest absolute Gasteiger partial charge is 0.381 e. The summed E-state index contributed by atoms with van der Waals surface area (Å²) < 4.78 is 5.17. The van der Waals surface area contributed by atoms with Crippen molar-refractivity contribution in [3.63, 3.8) is 0 Å². The lowest BCUT2D eigenvalue weighted by Gasteiger charge is -2.10. The van der Waals surface area contributed by atoms with Crippen LogP contribution in [0.15, 0.2) is 24.3 Å². The van der Waals surface area contributed by atoms with Crippen LogP contribution in [0.3, 0.4) is 0 Å². The Morgan fingerprint density at radius 1 is 1.50 bits per heavy atom. The SMILES string of the molecule is C#Cc1ccccc1NC(=O)C1CCOC1. The van der Waals surface area contributed by atoms with Crippen LogP contribution in [-0.2, 0) is 9.53 Å². The minimum absolute atomic E-state index is 0.0137. The van der Waals surface area contributed by atoms with Crippen LogP contribution >= 0.6 is 0 Å². The summed E-state index contributed by atoms with van der Waals surface area (Å²) >= 11 is 0. The number of nitrogens with one attached hydrogen (secondary N) is 1. The maximum absolute atomic E-state index is 11.8. The highest BCUT2D eigenvalue weighted by atomic mass is 16.5. The molecule has 3 nitrogen and oxygen atoms in total. The Labute approximate surface area is 94.8 Å². The second kappa shape index (κ2) is 4.82. The van der Waals surface area contributed by atoms with Gasteiger partial charge in [-0.3, -0.25) is 4.79 Å². The van der Waals surface area contributed by atoms with Crippen molar-refractivity contribution in [3.05, 3.63) is 29.8 Å². The van der Waals surface area contributed by atoms with Gasteiger partial charge >= 0.3 is 0 Å². The highest BCUT2D eigenvalue weighted by molar-refractivity contribution is 5.94. The van der Waals surface area contributed by atoms with E-state index in [1.54, 1.807) is 6.07 Å². The van der Waals surface area contributed by atoms with Crippen molar-refractivity contribution < 1.29 is 9.53 Å². The average Bonchev–Trinajstić information content (AvgIpc) is 2.83. The lowest BCUT2D eigenvalue weighted by atomic mass is 10.1. The number of ether oxygens (including phenoxy) is 1. The Morgan fingerprint density at radius 2 is 2.31 bits per heavy atom. The predicted molar refractivity (Wildman–Crippen MR) is 61.9 cm³/mol. The van der Waals surface area contributed by atoms with Crippen LogP contribution in [0.1, 0.15) is 12.0 Å². The number of amides is 1. The summed E-state index contributed by atoms with van der Waals surface area (Å²) in [5, 5.41) is 2.84. The molecule has 1 N–H and O–H groups in total. The molecule has 16 heavy (non-hydrogen) atoms. The summed E-state index contributed by atoms with van der Waals surface area (Å²) in [5.41, 5.74) is 1.40. The number of terminal acetylenes is 1. The van der Waals surface area contributed by atoms with Gasteiger partial charge in [-0.25, -0.2) is 0 Å². The van der Waals surface area contributed by atoms with Gasteiger partial charge in [0.25, 0.3) is 0 Å². The molecule has 1 unspecified atom stereocenters. The highest BCUT2D eigenvalue weighted by Gasteiger charge is 2.23. The average molecular weight is 215 g/mol. The molecule has 1 amide bonds. The van der Waals surface area contributed by atoms with Crippen molar-refractivity contribution in [2.24, 2.45) is 5.92 Å². The molecular weight excluding hydrogens is 202 g/mol. The van der Waals surface area contributed by atoms with Gasteiger partial charge in [0.2, 0.25) is 5.91 Å². The quantitative estimate of drug-likeness (QED) is 0.762. The van der Waals surface area contributed by atoms with Crippen LogP contribution in [0.25, 0.3) is 0 Å². The first-order chi connectivity index (χ1) is 7.81. The van der Waals surface area contributed by atoms with E-state index in [1.807, 2.05) is 18.2 Å². The Morgan fingerprint density at radius 3 is 3.00 bits per heavy atom. The zero-order chi connectivity index (χ0) is 11.4. The van der Waals surface area contributed by atoms with Gasteiger partial charge < -0.3 is 10.1 Å². The Hall–Kier alpha value is -1.79. The van der Waals surface area contributed by atoms with E-state index in [0.29, 0.717) is 24.5 Å². The smallest absolute Gasteiger partial charge is 0.229 e. The summed E-state index contributed by atoms with van der Waals surface area (Å²) in [7, 11) is 0. The van der Waals surface area contributed by atoms with E-state index in [1.165, 1.54) is 0 Å². The van der Waals surface area contributed by atoms with Crippen LogP contribution in [0.4, 0.5) is 5.69 Å². The predicted octanol–water partition coefficient (Wildman–Crippen LogP) is 1.64. The van der Waals surface area contributed by atoms with Gasteiger partial charge in [-0.05, 0) is 18.6 Å². The van der Waals surface area contributed by atoms with E-state index in [-0.39, 0.29) is 11.8 Å². The minimum atomic E-state index is -0.0502. The normalized spacial score (nSPS) is 19.1. The molecule has 3 heteroatoms. The third-order valence-electron chi connectivity index (χ3n) is 2.64. The summed E-state index contributed by atoms with van der Waals surface area (Å²) in [6.07, 6.45) is 6.14. The van der Waals surface area contributed by atoms with E-state index in [2.05, 4.69) is 11.2 Å². The van der Waals surface area contributed by atoms with E-state index in [0.717, 1.165) is 6.42 Å². The lowest BCUT2D eigenvalue weighted by Crippen LogP contribution is -2.23. The maximum atomic E-state index is 11.8. The molecule has 1 aromatic carbocycles. The summed E-state index contributed by atoms with van der Waals surface area (Å²) in [6.45, 7) is 1.17. The highest BCUT2D eigenvalue weighted by Crippen LogP contribution is 2.18. The third-order valence-corrected chi connectivity index (χ3v) is 2.64. The van der Waals surface area contributed by atoms with Gasteiger partial charge in [0.15, 0.2) is 0 Å². The number of benzene rings is 1. The molecule has 1 atom stereocenters. The zero-order valence-electron chi connectivity index (χ0n) is 8.90. The lowest BCUT2D eigenvalue weighted by molar-refractivity contribution is -0.119. The molecule has 1 aliphatic rings. The Kier molecular flexibility index (Phi) is 3.23. The van der Waals surface area contributed by atoms with Crippen molar-refractivity contribution in [3.8, 4) is 12.3 Å². The first-order valence-electron chi connectivity index (χ1n) is 5.25. The molecule has 1 aliphatic heterocycles. The number of rotatable bonds is 2. The van der Waals surface area contributed by atoms with Crippen molar-refractivity contribution in [2.75, 3.05) is 18.5 Å². The summed E-state index contributed by atoms with van der Waals surface area (Å²) in [5.74, 6) is 2.48. The van der Waals surface area contributed by atoms with E-state index >= 15 is 0 Å².